The lowest BCUT2D eigenvalue weighted by atomic mass is 10.1. The summed E-state index contributed by atoms with van der Waals surface area (Å²) in [7, 11) is 0. The van der Waals surface area contributed by atoms with Crippen LogP contribution in [0.25, 0.3) is 0 Å². The Morgan fingerprint density at radius 2 is 0.870 bits per heavy atom. The number of carbonyl (C=O) groups excluding carboxylic acids is 6. The first-order valence-electron chi connectivity index (χ1n) is 6.86. The molecule has 0 saturated carbocycles. The van der Waals surface area contributed by atoms with Crippen LogP contribution in [0.2, 0.25) is 0 Å². The average Bonchev–Trinajstić information content (AvgIpc) is 2.35. The van der Waals surface area contributed by atoms with Gasteiger partial charge in [-0.3, -0.25) is 19.2 Å². The van der Waals surface area contributed by atoms with Crippen LogP contribution in [0.15, 0.2) is 0 Å². The summed E-state index contributed by atoms with van der Waals surface area (Å²) < 4.78 is 0. The van der Waals surface area contributed by atoms with Crippen LogP contribution in [0.4, 0.5) is 9.59 Å². The van der Waals surface area contributed by atoms with Gasteiger partial charge in [0.05, 0.1) is 0 Å². The van der Waals surface area contributed by atoms with Gasteiger partial charge >= 0.3 is 12.1 Å². The smallest absolute Gasteiger partial charge is 0.275 e. The first-order valence-corrected chi connectivity index (χ1v) is 6.86. The van der Waals surface area contributed by atoms with Crippen LogP contribution in [0.3, 0.4) is 0 Å². The molecule has 0 aromatic rings. The van der Waals surface area contributed by atoms with Crippen LogP contribution in [0.1, 0.15) is 34.1 Å². The fourth-order valence-electron chi connectivity index (χ4n) is 2.96. The van der Waals surface area contributed by atoms with E-state index in [1.807, 2.05) is 0 Å². The second-order valence-electron chi connectivity index (χ2n) is 5.32. The lowest BCUT2D eigenvalue weighted by Gasteiger charge is -2.53. The first-order chi connectivity index (χ1) is 10.6. The molecule has 0 aliphatic carbocycles. The number of fused-ring (bicyclic) bond motifs is 2. The van der Waals surface area contributed by atoms with Gasteiger partial charge < -0.3 is 0 Å². The normalized spacial score (nSPS) is 24.0. The van der Waals surface area contributed by atoms with Crippen molar-refractivity contribution in [3.63, 3.8) is 0 Å². The van der Waals surface area contributed by atoms with E-state index in [0.29, 0.717) is 19.6 Å². The molecule has 2 heterocycles. The molecule has 0 aromatic carbocycles. The first kappa shape index (κ1) is 16.6. The molecular formula is C13H16N4O6. The van der Waals surface area contributed by atoms with Gasteiger partial charge in [-0.2, -0.15) is 0 Å². The van der Waals surface area contributed by atoms with Crippen molar-refractivity contribution in [2.24, 2.45) is 0 Å². The van der Waals surface area contributed by atoms with E-state index in [2.05, 4.69) is 0 Å². The molecule has 2 bridgehead atoms. The van der Waals surface area contributed by atoms with E-state index in [9.17, 15) is 28.8 Å². The highest BCUT2D eigenvalue weighted by Gasteiger charge is 2.56. The average molecular weight is 324 g/mol. The summed E-state index contributed by atoms with van der Waals surface area (Å²) >= 11 is 0. The van der Waals surface area contributed by atoms with Gasteiger partial charge in [-0.05, 0) is 0 Å². The van der Waals surface area contributed by atoms with Crippen molar-refractivity contribution in [2.45, 2.75) is 46.4 Å². The summed E-state index contributed by atoms with van der Waals surface area (Å²) in [6, 6.07) is -1.92. The Morgan fingerprint density at radius 1 is 0.652 bits per heavy atom. The zero-order valence-corrected chi connectivity index (χ0v) is 13.1. The molecule has 0 aromatic heterocycles. The number of amides is 8. The van der Waals surface area contributed by atoms with Gasteiger partial charge in [0.1, 0.15) is 12.3 Å². The van der Waals surface area contributed by atoms with Gasteiger partial charge in [0.25, 0.3) is 0 Å². The minimum atomic E-state index is -1.15. The monoisotopic (exact) mass is 324 g/mol. The van der Waals surface area contributed by atoms with Crippen LogP contribution in [-0.2, 0) is 19.2 Å². The van der Waals surface area contributed by atoms with Crippen LogP contribution >= 0.6 is 0 Å². The third kappa shape index (κ3) is 2.35. The fourth-order valence-corrected chi connectivity index (χ4v) is 2.96. The summed E-state index contributed by atoms with van der Waals surface area (Å²) in [6.07, 6.45) is -2.40. The van der Waals surface area contributed by atoms with E-state index < -0.39 is 48.0 Å². The highest BCUT2D eigenvalue weighted by molar-refractivity contribution is 6.08. The Kier molecular flexibility index (Phi) is 3.93. The summed E-state index contributed by atoms with van der Waals surface area (Å²) in [5.74, 6) is -2.83. The van der Waals surface area contributed by atoms with Crippen molar-refractivity contribution < 1.29 is 28.8 Å². The number of hydrogen-bond donors (Lipinski definition) is 0. The maximum atomic E-state index is 12.5. The van der Waals surface area contributed by atoms with Crippen molar-refractivity contribution in [1.29, 1.82) is 0 Å². The summed E-state index contributed by atoms with van der Waals surface area (Å²) in [5.41, 5.74) is 0. The molecule has 2 aliphatic heterocycles. The van der Waals surface area contributed by atoms with Crippen molar-refractivity contribution >= 4 is 35.7 Å². The highest BCUT2D eigenvalue weighted by Crippen LogP contribution is 2.33. The quantitative estimate of drug-likeness (QED) is 0.603. The molecule has 0 unspecified atom stereocenters. The number of rotatable bonds is 0. The minimum absolute atomic E-state index is 0.101. The third-order valence-corrected chi connectivity index (χ3v) is 3.80. The topological polar surface area (TPSA) is 115 Å². The Balaban J connectivity index is 2.62. The van der Waals surface area contributed by atoms with E-state index in [-0.39, 0.29) is 6.42 Å². The second kappa shape index (κ2) is 5.45. The molecule has 2 aliphatic rings. The van der Waals surface area contributed by atoms with Crippen LogP contribution < -0.4 is 0 Å². The fraction of sp³-hybridized carbons (Fsp3) is 0.538. The zero-order valence-electron chi connectivity index (χ0n) is 13.1. The van der Waals surface area contributed by atoms with E-state index in [1.165, 1.54) is 0 Å². The predicted molar refractivity (Wildman–Crippen MR) is 73.1 cm³/mol. The molecule has 0 spiro atoms. The molecule has 0 atom stereocenters. The van der Waals surface area contributed by atoms with Gasteiger partial charge in [0, 0.05) is 34.1 Å². The van der Waals surface area contributed by atoms with Gasteiger partial charge in [-0.25, -0.2) is 29.2 Å². The molecule has 2 fully saturated rings. The molecule has 0 N–H and O–H groups in total. The minimum Gasteiger partial charge on any atom is -0.275 e. The van der Waals surface area contributed by atoms with E-state index >= 15 is 0 Å². The summed E-state index contributed by atoms with van der Waals surface area (Å²) in [5, 5.41) is 0. The van der Waals surface area contributed by atoms with Crippen molar-refractivity contribution in [2.75, 3.05) is 0 Å². The maximum Gasteiger partial charge on any atom is 0.336 e. The predicted octanol–water partition coefficient (Wildman–Crippen LogP) is -0.310. The molecule has 2 rings (SSSR count). The number of urea groups is 2. The van der Waals surface area contributed by atoms with E-state index in [1.54, 1.807) is 0 Å². The number of nitrogens with zero attached hydrogens (tertiary/aromatic N) is 4. The van der Waals surface area contributed by atoms with Crippen molar-refractivity contribution in [1.82, 2.24) is 19.6 Å². The lowest BCUT2D eigenvalue weighted by molar-refractivity contribution is -0.157. The number of imide groups is 4. The van der Waals surface area contributed by atoms with Crippen LogP contribution in [0, 0.1) is 0 Å². The molecule has 10 nitrogen and oxygen atoms in total. The maximum absolute atomic E-state index is 12.5. The largest absolute Gasteiger partial charge is 0.336 e. The number of carbonyl (C=O) groups is 6. The van der Waals surface area contributed by atoms with Gasteiger partial charge in [0.15, 0.2) is 0 Å². The van der Waals surface area contributed by atoms with E-state index in [0.717, 1.165) is 27.7 Å². The standard InChI is InChI=1S/C13H16N4O6/c1-6(18)14-10-5-11(16(8(3)20)12(14)22)17(9(4)21)13(23)15(10)7(2)19/h10-11H,5H2,1-4H3. The van der Waals surface area contributed by atoms with Gasteiger partial charge in [-0.1, -0.05) is 0 Å². The SMILES string of the molecule is CC(=O)N1C(=O)N(C(C)=O)C2CC1N(C(C)=O)C(=O)N2C(C)=O. The summed E-state index contributed by atoms with van der Waals surface area (Å²) in [4.78, 5) is 75.0. The summed E-state index contributed by atoms with van der Waals surface area (Å²) in [6.45, 7) is 4.38. The Bertz CT molecular complexity index is 542. The van der Waals surface area contributed by atoms with E-state index in [4.69, 9.17) is 0 Å². The number of hydrogen-bond acceptors (Lipinski definition) is 6. The Morgan fingerprint density at radius 3 is 1.04 bits per heavy atom. The molecule has 10 heteroatoms. The molecule has 23 heavy (non-hydrogen) atoms. The van der Waals surface area contributed by atoms with Gasteiger partial charge in [0.2, 0.25) is 23.6 Å². The molecule has 8 amide bonds. The molecule has 0 radical (unpaired) electrons. The van der Waals surface area contributed by atoms with Crippen LogP contribution in [0.5, 0.6) is 0 Å². The van der Waals surface area contributed by atoms with Crippen molar-refractivity contribution in [3.05, 3.63) is 0 Å². The zero-order chi connectivity index (χ0) is 17.6. The van der Waals surface area contributed by atoms with Crippen LogP contribution in [-0.4, -0.2) is 67.6 Å². The lowest BCUT2D eigenvalue weighted by Crippen LogP contribution is -2.76. The van der Waals surface area contributed by atoms with Crippen molar-refractivity contribution in [3.8, 4) is 0 Å². The Labute approximate surface area is 131 Å². The molecule has 2 saturated heterocycles. The third-order valence-electron chi connectivity index (χ3n) is 3.80. The second-order valence-corrected chi connectivity index (χ2v) is 5.32. The molecular weight excluding hydrogens is 308 g/mol. The Hall–Kier alpha value is -2.78. The highest BCUT2D eigenvalue weighted by atomic mass is 16.2. The molecule has 124 valence electrons. The van der Waals surface area contributed by atoms with Gasteiger partial charge in [-0.15, -0.1) is 0 Å².